The van der Waals surface area contributed by atoms with Crippen molar-refractivity contribution in [2.45, 2.75) is 22.7 Å². The maximum Gasteiger partial charge on any atom is 0.254 e. The maximum atomic E-state index is 14.7. The minimum Gasteiger partial charge on any atom is -0.497 e. The molecule has 2 fully saturated rings. The molecule has 1 aromatic heterocycles. The summed E-state index contributed by atoms with van der Waals surface area (Å²) in [4.78, 5) is 33.9. The molecule has 3 aliphatic rings. The van der Waals surface area contributed by atoms with Crippen molar-refractivity contribution in [2.75, 3.05) is 32.6 Å². The zero-order valence-corrected chi connectivity index (χ0v) is 22.1. The van der Waals surface area contributed by atoms with Gasteiger partial charge in [0.2, 0.25) is 5.91 Å². The second-order valence-electron chi connectivity index (χ2n) is 9.53. The quantitative estimate of drug-likeness (QED) is 0.464. The van der Waals surface area contributed by atoms with Gasteiger partial charge in [-0.2, -0.15) is 0 Å². The summed E-state index contributed by atoms with van der Waals surface area (Å²) in [6, 6.07) is 15.3. The van der Waals surface area contributed by atoms with Gasteiger partial charge in [-0.3, -0.25) is 19.4 Å². The van der Waals surface area contributed by atoms with Crippen LogP contribution in [0.3, 0.4) is 0 Å². The average Bonchev–Trinajstić information content (AvgIpc) is 3.61. The highest BCUT2D eigenvalue weighted by Crippen LogP contribution is 2.66. The first-order chi connectivity index (χ1) is 17.8. The number of likely N-dealkylation sites (N-methyl/N-ethyl adjacent to an activating group) is 2. The van der Waals surface area contributed by atoms with E-state index in [0.29, 0.717) is 33.6 Å². The van der Waals surface area contributed by atoms with E-state index in [0.717, 1.165) is 5.56 Å². The number of rotatable bonds is 4. The molecule has 0 aliphatic carbocycles. The number of thiocarbonyl (C=S) groups is 1. The predicted octanol–water partition coefficient (Wildman–Crippen LogP) is 4.13. The van der Waals surface area contributed by atoms with Crippen molar-refractivity contribution in [3.63, 3.8) is 0 Å². The summed E-state index contributed by atoms with van der Waals surface area (Å²) in [7, 11) is 5.06. The van der Waals surface area contributed by atoms with Gasteiger partial charge >= 0.3 is 0 Å². The third-order valence-corrected chi connectivity index (χ3v) is 9.74. The third-order valence-electron chi connectivity index (χ3n) is 7.80. The molecule has 2 aromatic carbocycles. The monoisotopic (exact) mass is 537 g/mol. The molecule has 2 saturated heterocycles. The molecule has 0 N–H and O–H groups in total. The second-order valence-corrected chi connectivity index (χ2v) is 11.4. The van der Waals surface area contributed by atoms with Gasteiger partial charge in [-0.25, -0.2) is 4.39 Å². The lowest BCUT2D eigenvalue weighted by Crippen LogP contribution is -2.62. The third kappa shape index (κ3) is 3.06. The van der Waals surface area contributed by atoms with E-state index >= 15 is 0 Å². The molecule has 6 rings (SSSR count). The number of carbonyl (C=O) groups excluding carboxylic acids is 2. The van der Waals surface area contributed by atoms with Gasteiger partial charge in [0.05, 0.1) is 25.8 Å². The van der Waals surface area contributed by atoms with Crippen LogP contribution in [0.1, 0.15) is 22.8 Å². The lowest BCUT2D eigenvalue weighted by molar-refractivity contribution is -0.139. The number of anilines is 1. The van der Waals surface area contributed by atoms with Crippen molar-refractivity contribution in [2.24, 2.45) is 0 Å². The fraction of sp³-hybridized carbons (Fsp3) is 0.296. The van der Waals surface area contributed by atoms with Gasteiger partial charge in [0, 0.05) is 24.8 Å². The molecule has 3 aliphatic heterocycles. The zero-order valence-electron chi connectivity index (χ0n) is 20.4. The minimum absolute atomic E-state index is 0.237. The fourth-order valence-electron chi connectivity index (χ4n) is 6.16. The van der Waals surface area contributed by atoms with Crippen LogP contribution in [0.25, 0.3) is 0 Å². The number of thioether (sulfide) groups is 1. The molecule has 3 atom stereocenters. The highest BCUT2D eigenvalue weighted by atomic mass is 32.2. The Labute approximate surface area is 223 Å². The fourth-order valence-corrected chi connectivity index (χ4v) is 8.27. The molecule has 37 heavy (non-hydrogen) atoms. The SMILES string of the molecule is COc1ccc(CN2C(=O)[C@]3(SC2=S)[C@H](c2ccco2)CN(C)[C@]32C(=O)N(C)c3ccc(F)cc32)cc1. The van der Waals surface area contributed by atoms with Gasteiger partial charge < -0.3 is 14.1 Å². The summed E-state index contributed by atoms with van der Waals surface area (Å²) in [5.41, 5.74) is 0.430. The molecule has 2 spiro atoms. The van der Waals surface area contributed by atoms with Crippen LogP contribution in [0.15, 0.2) is 65.3 Å². The number of furan rings is 1. The number of hydrogen-bond donors (Lipinski definition) is 0. The first kappa shape index (κ1) is 24.1. The van der Waals surface area contributed by atoms with Gasteiger partial charge in [0.1, 0.15) is 26.4 Å². The number of amides is 2. The van der Waals surface area contributed by atoms with Crippen LogP contribution in [-0.2, 0) is 21.7 Å². The summed E-state index contributed by atoms with van der Waals surface area (Å²) in [6.45, 7) is 0.585. The summed E-state index contributed by atoms with van der Waals surface area (Å²) in [5.74, 6) is -0.270. The average molecular weight is 538 g/mol. The Balaban J connectivity index is 1.55. The number of carbonyl (C=O) groups is 2. The van der Waals surface area contributed by atoms with E-state index in [1.807, 2.05) is 35.2 Å². The van der Waals surface area contributed by atoms with Crippen molar-refractivity contribution in [3.8, 4) is 5.75 Å². The molecule has 10 heteroatoms. The summed E-state index contributed by atoms with van der Waals surface area (Å²) in [5, 5.41) is 0. The van der Waals surface area contributed by atoms with Gasteiger partial charge in [-0.15, -0.1) is 0 Å². The Morgan fingerprint density at radius 2 is 1.89 bits per heavy atom. The summed E-state index contributed by atoms with van der Waals surface area (Å²) >= 11 is 7.01. The van der Waals surface area contributed by atoms with Gasteiger partial charge in [-0.1, -0.05) is 36.1 Å². The Bertz CT molecular complexity index is 1430. The number of nitrogens with zero attached hydrogens (tertiary/aromatic N) is 3. The molecule has 2 amide bonds. The second kappa shape index (κ2) is 8.41. The van der Waals surface area contributed by atoms with Crippen LogP contribution in [0.2, 0.25) is 0 Å². The van der Waals surface area contributed by atoms with Crippen LogP contribution in [0.5, 0.6) is 5.75 Å². The Kier molecular flexibility index (Phi) is 5.48. The number of likely N-dealkylation sites (tertiary alicyclic amines) is 1. The highest BCUT2D eigenvalue weighted by Gasteiger charge is 2.79. The predicted molar refractivity (Wildman–Crippen MR) is 142 cm³/mol. The number of ether oxygens (including phenoxy) is 1. The van der Waals surface area contributed by atoms with Crippen molar-refractivity contribution < 1.29 is 23.1 Å². The maximum absolute atomic E-state index is 14.7. The van der Waals surface area contributed by atoms with Gasteiger partial charge in [-0.05, 0) is 55.1 Å². The lowest BCUT2D eigenvalue weighted by Gasteiger charge is -2.41. The smallest absolute Gasteiger partial charge is 0.254 e. The van der Waals surface area contributed by atoms with E-state index in [1.54, 1.807) is 44.5 Å². The van der Waals surface area contributed by atoms with Crippen molar-refractivity contribution in [1.82, 2.24) is 9.80 Å². The molecule has 4 heterocycles. The molecule has 0 bridgehead atoms. The Hall–Kier alpha value is -3.21. The van der Waals surface area contributed by atoms with Crippen LogP contribution in [0, 0.1) is 5.82 Å². The number of benzene rings is 2. The molecular weight excluding hydrogens is 513 g/mol. The Morgan fingerprint density at radius 3 is 2.57 bits per heavy atom. The van der Waals surface area contributed by atoms with E-state index in [9.17, 15) is 14.0 Å². The zero-order chi connectivity index (χ0) is 26.1. The van der Waals surface area contributed by atoms with Crippen molar-refractivity contribution >= 4 is 45.8 Å². The van der Waals surface area contributed by atoms with E-state index in [1.165, 1.54) is 28.8 Å². The van der Waals surface area contributed by atoms with Gasteiger partial charge in [0.25, 0.3) is 5.91 Å². The topological polar surface area (TPSA) is 66.2 Å². The molecule has 3 aromatic rings. The number of hydrogen-bond acceptors (Lipinski definition) is 7. The molecule has 0 unspecified atom stereocenters. The lowest BCUT2D eigenvalue weighted by atomic mass is 9.73. The number of fused-ring (bicyclic) bond motifs is 3. The molecule has 7 nitrogen and oxygen atoms in total. The van der Waals surface area contributed by atoms with Crippen LogP contribution >= 0.6 is 24.0 Å². The largest absolute Gasteiger partial charge is 0.497 e. The highest BCUT2D eigenvalue weighted by molar-refractivity contribution is 8.25. The van der Waals surface area contributed by atoms with Crippen LogP contribution in [-0.4, -0.2) is 58.4 Å². The van der Waals surface area contributed by atoms with Gasteiger partial charge in [0.15, 0.2) is 5.54 Å². The van der Waals surface area contributed by atoms with Crippen LogP contribution < -0.4 is 9.64 Å². The molecular formula is C27H24FN3O4S2. The van der Waals surface area contributed by atoms with E-state index in [2.05, 4.69) is 0 Å². The normalized spacial score (nSPS) is 27.2. The summed E-state index contributed by atoms with van der Waals surface area (Å²) < 4.78 is 24.8. The number of methoxy groups -OCH3 is 1. The van der Waals surface area contributed by atoms with E-state index in [4.69, 9.17) is 21.4 Å². The standard InChI is InChI=1S/C27H24FN3O4S2/c1-29-15-20(22-5-4-12-35-22)27(26(29)19-13-17(28)8-11-21(19)30(2)23(26)32)24(33)31(25(36)37-27)14-16-6-9-18(34-3)10-7-16/h4-13,20H,14-15H2,1-3H3/t20-,26+,27+/m0/s1. The first-order valence-corrected chi connectivity index (χ1v) is 13.0. The van der Waals surface area contributed by atoms with E-state index < -0.39 is 22.0 Å². The molecule has 0 saturated carbocycles. The number of halogens is 1. The van der Waals surface area contributed by atoms with Crippen LogP contribution in [0.4, 0.5) is 10.1 Å². The Morgan fingerprint density at radius 1 is 1.14 bits per heavy atom. The van der Waals surface area contributed by atoms with E-state index in [-0.39, 0.29) is 18.4 Å². The molecule has 0 radical (unpaired) electrons. The van der Waals surface area contributed by atoms with Crippen molar-refractivity contribution in [1.29, 1.82) is 0 Å². The summed E-state index contributed by atoms with van der Waals surface area (Å²) in [6.07, 6.45) is 1.56. The van der Waals surface area contributed by atoms with Crippen molar-refractivity contribution in [3.05, 3.63) is 83.6 Å². The minimum atomic E-state index is -1.48. The first-order valence-electron chi connectivity index (χ1n) is 11.8. The molecule has 190 valence electrons.